The molecule has 0 aliphatic carbocycles. The van der Waals surface area contributed by atoms with Gasteiger partial charge >= 0.3 is 0 Å². The van der Waals surface area contributed by atoms with E-state index in [0.717, 1.165) is 11.4 Å². The summed E-state index contributed by atoms with van der Waals surface area (Å²) in [5.41, 5.74) is 6.77. The normalized spacial score (nSPS) is 12.1. The molecule has 1 unspecified atom stereocenters. The van der Waals surface area contributed by atoms with E-state index >= 15 is 0 Å². The summed E-state index contributed by atoms with van der Waals surface area (Å²) in [5, 5.41) is 3.27. The summed E-state index contributed by atoms with van der Waals surface area (Å²) in [6, 6.07) is 5.77. The Bertz CT molecular complexity index is 477. The summed E-state index contributed by atoms with van der Waals surface area (Å²) >= 11 is 0. The third-order valence-electron chi connectivity index (χ3n) is 2.41. The highest BCUT2D eigenvalue weighted by Gasteiger charge is 2.06. The van der Waals surface area contributed by atoms with Crippen LogP contribution in [0.15, 0.2) is 30.6 Å². The van der Waals surface area contributed by atoms with E-state index in [1.807, 2.05) is 32.2 Å². The Morgan fingerprint density at radius 2 is 2.18 bits per heavy atom. The van der Waals surface area contributed by atoms with Gasteiger partial charge < -0.3 is 11.1 Å². The summed E-state index contributed by atoms with van der Waals surface area (Å²) in [6.45, 7) is 3.86. The fourth-order valence-electron chi connectivity index (χ4n) is 1.60. The number of pyridine rings is 1. The van der Waals surface area contributed by atoms with Crippen LogP contribution in [0.3, 0.4) is 0 Å². The summed E-state index contributed by atoms with van der Waals surface area (Å²) in [4.78, 5) is 12.4. The molecule has 5 nitrogen and oxygen atoms in total. The predicted octanol–water partition coefficient (Wildman–Crippen LogP) is 1.94. The van der Waals surface area contributed by atoms with Crippen LogP contribution in [0.5, 0.6) is 0 Å². The van der Waals surface area contributed by atoms with Gasteiger partial charge in [0.05, 0.1) is 6.04 Å². The molecule has 0 aromatic carbocycles. The second-order valence-electron chi connectivity index (χ2n) is 3.88. The van der Waals surface area contributed by atoms with Crippen molar-refractivity contribution in [1.82, 2.24) is 15.0 Å². The second kappa shape index (κ2) is 4.78. The van der Waals surface area contributed by atoms with E-state index in [0.29, 0.717) is 11.6 Å². The maximum Gasteiger partial charge on any atom is 0.132 e. The van der Waals surface area contributed by atoms with E-state index in [1.165, 1.54) is 0 Å². The monoisotopic (exact) mass is 229 g/mol. The van der Waals surface area contributed by atoms with Crippen LogP contribution < -0.4 is 11.1 Å². The molecule has 0 saturated heterocycles. The van der Waals surface area contributed by atoms with Crippen LogP contribution in [-0.4, -0.2) is 15.0 Å². The zero-order valence-corrected chi connectivity index (χ0v) is 9.88. The van der Waals surface area contributed by atoms with E-state index in [9.17, 15) is 0 Å². The van der Waals surface area contributed by atoms with Gasteiger partial charge in [-0.15, -0.1) is 0 Å². The molecule has 3 N–H and O–H groups in total. The minimum absolute atomic E-state index is 0.123. The van der Waals surface area contributed by atoms with Crippen molar-refractivity contribution in [3.8, 4) is 0 Å². The molecular formula is C12H15N5. The molecule has 0 amide bonds. The molecule has 1 atom stereocenters. The van der Waals surface area contributed by atoms with Gasteiger partial charge in [-0.3, -0.25) is 4.98 Å². The Morgan fingerprint density at radius 1 is 1.35 bits per heavy atom. The fraction of sp³-hybridized carbons (Fsp3) is 0.250. The zero-order valence-electron chi connectivity index (χ0n) is 9.88. The highest BCUT2D eigenvalue weighted by atomic mass is 15.1. The Labute approximate surface area is 100 Å². The lowest BCUT2D eigenvalue weighted by Gasteiger charge is -2.14. The van der Waals surface area contributed by atoms with Crippen molar-refractivity contribution in [2.75, 3.05) is 11.1 Å². The molecule has 0 radical (unpaired) electrons. The van der Waals surface area contributed by atoms with E-state index in [2.05, 4.69) is 20.3 Å². The second-order valence-corrected chi connectivity index (χ2v) is 3.88. The number of nitrogen functional groups attached to an aromatic ring is 1. The fourth-order valence-corrected chi connectivity index (χ4v) is 1.60. The van der Waals surface area contributed by atoms with Crippen molar-refractivity contribution >= 4 is 11.6 Å². The number of aromatic nitrogens is 3. The van der Waals surface area contributed by atoms with E-state index in [4.69, 9.17) is 5.73 Å². The minimum Gasteiger partial charge on any atom is -0.384 e. The van der Waals surface area contributed by atoms with Gasteiger partial charge in [0.25, 0.3) is 0 Å². The first-order valence-corrected chi connectivity index (χ1v) is 5.43. The molecule has 0 fully saturated rings. The van der Waals surface area contributed by atoms with Crippen molar-refractivity contribution in [2.45, 2.75) is 19.9 Å². The molecule has 0 spiro atoms. The molecule has 0 saturated carbocycles. The van der Waals surface area contributed by atoms with Gasteiger partial charge in [0.15, 0.2) is 0 Å². The zero-order chi connectivity index (χ0) is 12.3. The average Bonchev–Trinajstić information content (AvgIpc) is 2.28. The van der Waals surface area contributed by atoms with Crippen LogP contribution in [0.25, 0.3) is 0 Å². The average molecular weight is 229 g/mol. The summed E-state index contributed by atoms with van der Waals surface area (Å²) < 4.78 is 0. The van der Waals surface area contributed by atoms with Crippen molar-refractivity contribution in [1.29, 1.82) is 0 Å². The van der Waals surface area contributed by atoms with Crippen molar-refractivity contribution in [2.24, 2.45) is 0 Å². The number of nitrogens with zero attached hydrogens (tertiary/aromatic N) is 3. The molecule has 0 bridgehead atoms. The summed E-state index contributed by atoms with van der Waals surface area (Å²) in [5.74, 6) is 1.86. The van der Waals surface area contributed by atoms with Crippen LogP contribution >= 0.6 is 0 Å². The number of nitrogens with one attached hydrogen (secondary N) is 1. The number of anilines is 2. The van der Waals surface area contributed by atoms with Crippen LogP contribution in [0.4, 0.5) is 11.6 Å². The van der Waals surface area contributed by atoms with Gasteiger partial charge in [0, 0.05) is 18.5 Å². The van der Waals surface area contributed by atoms with Crippen LogP contribution in [-0.2, 0) is 0 Å². The van der Waals surface area contributed by atoms with Gasteiger partial charge in [-0.05, 0) is 25.5 Å². The molecular weight excluding hydrogens is 214 g/mol. The van der Waals surface area contributed by atoms with Gasteiger partial charge in [-0.25, -0.2) is 9.97 Å². The largest absolute Gasteiger partial charge is 0.384 e. The van der Waals surface area contributed by atoms with E-state index < -0.39 is 0 Å². The van der Waals surface area contributed by atoms with Gasteiger partial charge in [0.2, 0.25) is 0 Å². The van der Waals surface area contributed by atoms with Crippen molar-refractivity contribution < 1.29 is 0 Å². The number of aryl methyl sites for hydroxylation is 1. The Hall–Kier alpha value is -2.17. The third kappa shape index (κ3) is 2.90. The number of hydrogen-bond acceptors (Lipinski definition) is 5. The topological polar surface area (TPSA) is 76.7 Å². The molecule has 0 aliphatic heterocycles. The third-order valence-corrected chi connectivity index (χ3v) is 2.41. The molecule has 2 rings (SSSR count). The molecule has 88 valence electrons. The predicted molar refractivity (Wildman–Crippen MR) is 67.5 cm³/mol. The van der Waals surface area contributed by atoms with Crippen LogP contribution in [0.2, 0.25) is 0 Å². The highest BCUT2D eigenvalue weighted by Crippen LogP contribution is 2.17. The number of rotatable bonds is 3. The van der Waals surface area contributed by atoms with Gasteiger partial charge in [-0.2, -0.15) is 0 Å². The van der Waals surface area contributed by atoms with Crippen LogP contribution in [0.1, 0.15) is 24.4 Å². The first-order chi connectivity index (χ1) is 8.15. The molecule has 2 aromatic rings. The van der Waals surface area contributed by atoms with E-state index in [-0.39, 0.29) is 6.04 Å². The smallest absolute Gasteiger partial charge is 0.132 e. The molecule has 17 heavy (non-hydrogen) atoms. The minimum atomic E-state index is 0.123. The summed E-state index contributed by atoms with van der Waals surface area (Å²) in [7, 11) is 0. The lowest BCUT2D eigenvalue weighted by molar-refractivity contribution is 0.860. The maximum atomic E-state index is 5.67. The molecule has 2 aromatic heterocycles. The van der Waals surface area contributed by atoms with Gasteiger partial charge in [0.1, 0.15) is 17.5 Å². The Kier molecular flexibility index (Phi) is 3.18. The molecule has 2 heterocycles. The van der Waals surface area contributed by atoms with Gasteiger partial charge in [-0.1, -0.05) is 6.07 Å². The number of hydrogen-bond donors (Lipinski definition) is 2. The van der Waals surface area contributed by atoms with Crippen molar-refractivity contribution in [3.63, 3.8) is 0 Å². The first kappa shape index (κ1) is 11.3. The van der Waals surface area contributed by atoms with Crippen LogP contribution in [0, 0.1) is 6.92 Å². The molecule has 0 aliphatic rings. The maximum absolute atomic E-state index is 5.67. The summed E-state index contributed by atoms with van der Waals surface area (Å²) in [6.07, 6.45) is 3.58. The lowest BCUT2D eigenvalue weighted by atomic mass is 10.1. The Balaban J connectivity index is 2.16. The standard InChI is InChI=1S/C12H15N5/c1-8(10-4-3-5-14-7-10)15-12-6-11(13)16-9(2)17-12/h3-8H,1-2H3,(H3,13,15,16,17). The quantitative estimate of drug-likeness (QED) is 0.841. The van der Waals surface area contributed by atoms with E-state index in [1.54, 1.807) is 12.3 Å². The highest BCUT2D eigenvalue weighted by molar-refractivity contribution is 5.46. The Morgan fingerprint density at radius 3 is 2.82 bits per heavy atom. The SMILES string of the molecule is Cc1nc(N)cc(NC(C)c2cccnc2)n1. The number of nitrogens with two attached hydrogens (primary N) is 1. The first-order valence-electron chi connectivity index (χ1n) is 5.43. The molecule has 5 heteroatoms. The van der Waals surface area contributed by atoms with Crippen molar-refractivity contribution in [3.05, 3.63) is 42.0 Å². The lowest BCUT2D eigenvalue weighted by Crippen LogP contribution is -2.09.